The maximum absolute atomic E-state index is 12.1. The molecule has 0 bridgehead atoms. The minimum absolute atomic E-state index is 0.0596. The van der Waals surface area contributed by atoms with Crippen molar-refractivity contribution in [2.45, 2.75) is 25.6 Å². The minimum atomic E-state index is -4.33. The van der Waals surface area contributed by atoms with Crippen molar-refractivity contribution in [2.75, 3.05) is 11.9 Å². The van der Waals surface area contributed by atoms with Gasteiger partial charge in [0.05, 0.1) is 11.9 Å². The lowest BCUT2D eigenvalue weighted by molar-refractivity contribution is -0.115. The Morgan fingerprint density at radius 3 is 2.72 bits per heavy atom. The van der Waals surface area contributed by atoms with Crippen molar-refractivity contribution in [3.05, 3.63) is 21.0 Å². The van der Waals surface area contributed by atoms with E-state index >= 15 is 0 Å². The summed E-state index contributed by atoms with van der Waals surface area (Å²) in [6, 6.07) is 0. The third kappa shape index (κ3) is 3.47. The van der Waals surface area contributed by atoms with Crippen LogP contribution in [0.2, 0.25) is 0 Å². The molecule has 0 amide bonds. The normalized spacial score (nSPS) is 15.8. The molecule has 4 nitrogen and oxygen atoms in total. The molecule has 0 atom stereocenters. The molecule has 0 unspecified atom stereocenters. The lowest BCUT2D eigenvalue weighted by Crippen LogP contribution is -2.27. The molecule has 1 heterocycles. The van der Waals surface area contributed by atoms with Gasteiger partial charge in [-0.2, -0.15) is 18.3 Å². The number of hydrogen-bond acceptors (Lipinski definition) is 3. The van der Waals surface area contributed by atoms with Gasteiger partial charge < -0.3 is 5.32 Å². The summed E-state index contributed by atoms with van der Waals surface area (Å²) in [5.74, 6) is 0.469. The Morgan fingerprint density at radius 1 is 1.50 bits per heavy atom. The molecule has 1 fully saturated rings. The molecule has 0 aliphatic heterocycles. The van der Waals surface area contributed by atoms with Gasteiger partial charge in [0, 0.05) is 6.54 Å². The van der Waals surface area contributed by atoms with E-state index in [-0.39, 0.29) is 10.2 Å². The molecule has 1 aliphatic carbocycles. The van der Waals surface area contributed by atoms with Gasteiger partial charge in [-0.05, 0) is 34.7 Å². The molecule has 1 aromatic heterocycles. The average molecular weight is 326 g/mol. The molecular weight excluding hydrogens is 315 g/mol. The second-order valence-corrected chi connectivity index (χ2v) is 5.06. The molecule has 18 heavy (non-hydrogen) atoms. The van der Waals surface area contributed by atoms with E-state index < -0.39 is 18.3 Å². The van der Waals surface area contributed by atoms with Gasteiger partial charge in [-0.25, -0.2) is 4.68 Å². The second kappa shape index (κ2) is 4.91. The van der Waals surface area contributed by atoms with Gasteiger partial charge in [-0.15, -0.1) is 0 Å². The first-order valence-corrected chi connectivity index (χ1v) is 6.22. The van der Waals surface area contributed by atoms with Gasteiger partial charge in [0.2, 0.25) is 0 Å². The van der Waals surface area contributed by atoms with E-state index in [1.54, 1.807) is 0 Å². The summed E-state index contributed by atoms with van der Waals surface area (Å²) in [4.78, 5) is 11.8. The quantitative estimate of drug-likeness (QED) is 0.924. The summed E-state index contributed by atoms with van der Waals surface area (Å²) >= 11 is 3.01. The van der Waals surface area contributed by atoms with E-state index in [4.69, 9.17) is 0 Å². The topological polar surface area (TPSA) is 46.9 Å². The highest BCUT2D eigenvalue weighted by atomic mass is 79.9. The summed E-state index contributed by atoms with van der Waals surface area (Å²) in [5, 5.41) is 6.01. The standard InChI is InChI=1S/C10H11BrF3N3O/c11-8-7(15-5-10(12,13)14)3-16-17(9(8)18)4-6-1-2-6/h3,6,15H,1-2,4-5H2. The van der Waals surface area contributed by atoms with Crippen molar-refractivity contribution in [3.63, 3.8) is 0 Å². The lowest BCUT2D eigenvalue weighted by atomic mass is 10.4. The second-order valence-electron chi connectivity index (χ2n) is 4.27. The molecule has 2 rings (SSSR count). The molecule has 1 aliphatic rings. The maximum Gasteiger partial charge on any atom is 0.405 e. The van der Waals surface area contributed by atoms with Crippen LogP contribution >= 0.6 is 15.9 Å². The van der Waals surface area contributed by atoms with Crippen molar-refractivity contribution < 1.29 is 13.2 Å². The van der Waals surface area contributed by atoms with E-state index in [1.807, 2.05) is 0 Å². The van der Waals surface area contributed by atoms with Crippen LogP contribution < -0.4 is 10.9 Å². The van der Waals surface area contributed by atoms with Crippen molar-refractivity contribution >= 4 is 21.6 Å². The van der Waals surface area contributed by atoms with Gasteiger partial charge in [-0.1, -0.05) is 0 Å². The van der Waals surface area contributed by atoms with Gasteiger partial charge in [-0.3, -0.25) is 4.79 Å². The molecule has 0 radical (unpaired) electrons. The largest absolute Gasteiger partial charge is 0.405 e. The Bertz CT molecular complexity index is 496. The van der Waals surface area contributed by atoms with Crippen LogP contribution in [0.25, 0.3) is 0 Å². The number of halogens is 4. The molecule has 0 saturated heterocycles. The van der Waals surface area contributed by atoms with Crippen LogP contribution in [-0.2, 0) is 6.54 Å². The fourth-order valence-corrected chi connectivity index (χ4v) is 1.91. The van der Waals surface area contributed by atoms with E-state index in [0.29, 0.717) is 12.5 Å². The highest BCUT2D eigenvalue weighted by Gasteiger charge is 2.27. The Hall–Kier alpha value is -1.05. The summed E-state index contributed by atoms with van der Waals surface area (Å²) in [6.07, 6.45) is -0.957. The number of aromatic nitrogens is 2. The molecule has 100 valence electrons. The number of nitrogens with one attached hydrogen (secondary N) is 1. The summed E-state index contributed by atoms with van der Waals surface area (Å²) in [7, 11) is 0. The number of alkyl halides is 3. The highest BCUT2D eigenvalue weighted by molar-refractivity contribution is 9.10. The molecule has 1 saturated carbocycles. The maximum atomic E-state index is 12.1. The van der Waals surface area contributed by atoms with Crippen LogP contribution in [-0.4, -0.2) is 22.5 Å². The first-order chi connectivity index (χ1) is 8.37. The average Bonchev–Trinajstić information content (AvgIpc) is 3.06. The van der Waals surface area contributed by atoms with Crippen molar-refractivity contribution in [3.8, 4) is 0 Å². The van der Waals surface area contributed by atoms with Crippen LogP contribution in [0.5, 0.6) is 0 Å². The fourth-order valence-electron chi connectivity index (χ4n) is 1.46. The van der Waals surface area contributed by atoms with Gasteiger partial charge >= 0.3 is 6.18 Å². The van der Waals surface area contributed by atoms with Crippen LogP contribution in [0.1, 0.15) is 12.8 Å². The number of nitrogens with zero attached hydrogens (tertiary/aromatic N) is 2. The molecule has 8 heteroatoms. The van der Waals surface area contributed by atoms with Gasteiger partial charge in [0.25, 0.3) is 5.56 Å². The zero-order valence-corrected chi connectivity index (χ0v) is 10.9. The zero-order valence-electron chi connectivity index (χ0n) is 9.30. The highest BCUT2D eigenvalue weighted by Crippen LogP contribution is 2.30. The number of rotatable bonds is 4. The Kier molecular flexibility index (Phi) is 3.65. The van der Waals surface area contributed by atoms with Crippen LogP contribution in [0.15, 0.2) is 15.5 Å². The van der Waals surface area contributed by atoms with E-state index in [9.17, 15) is 18.0 Å². The first kappa shape index (κ1) is 13.4. The predicted octanol–water partition coefficient (Wildman–Crippen LogP) is 2.39. The molecular formula is C10H11BrF3N3O. The fraction of sp³-hybridized carbons (Fsp3) is 0.600. The summed E-state index contributed by atoms with van der Waals surface area (Å²) < 4.78 is 37.5. The van der Waals surface area contributed by atoms with E-state index in [2.05, 4.69) is 26.3 Å². The van der Waals surface area contributed by atoms with Crippen molar-refractivity contribution in [1.29, 1.82) is 0 Å². The first-order valence-electron chi connectivity index (χ1n) is 5.43. The lowest BCUT2D eigenvalue weighted by Gasteiger charge is -2.11. The minimum Gasteiger partial charge on any atom is -0.374 e. The van der Waals surface area contributed by atoms with Crippen LogP contribution in [0, 0.1) is 5.92 Å². The molecule has 0 spiro atoms. The van der Waals surface area contributed by atoms with Crippen LogP contribution in [0.4, 0.5) is 18.9 Å². The number of hydrogen-bond donors (Lipinski definition) is 1. The zero-order chi connectivity index (χ0) is 13.3. The Balaban J connectivity index is 2.12. The Labute approximate surface area is 109 Å². The van der Waals surface area contributed by atoms with Crippen molar-refractivity contribution in [1.82, 2.24) is 9.78 Å². The van der Waals surface area contributed by atoms with Gasteiger partial charge in [0.15, 0.2) is 0 Å². The van der Waals surface area contributed by atoms with Crippen molar-refractivity contribution in [2.24, 2.45) is 5.92 Å². The third-order valence-corrected chi connectivity index (χ3v) is 3.36. The Morgan fingerprint density at radius 2 is 2.17 bits per heavy atom. The monoisotopic (exact) mass is 325 g/mol. The molecule has 1 N–H and O–H groups in total. The summed E-state index contributed by atoms with van der Waals surface area (Å²) in [6.45, 7) is -0.670. The molecule has 0 aromatic carbocycles. The third-order valence-electron chi connectivity index (χ3n) is 2.59. The SMILES string of the molecule is O=c1c(Br)c(NCC(F)(F)F)cnn1CC1CC1. The van der Waals surface area contributed by atoms with Crippen LogP contribution in [0.3, 0.4) is 0 Å². The van der Waals surface area contributed by atoms with Gasteiger partial charge in [0.1, 0.15) is 11.0 Å². The van der Waals surface area contributed by atoms with E-state index in [0.717, 1.165) is 12.8 Å². The predicted molar refractivity (Wildman–Crippen MR) is 63.5 cm³/mol. The van der Waals surface area contributed by atoms with E-state index in [1.165, 1.54) is 10.9 Å². The summed E-state index contributed by atoms with van der Waals surface area (Å²) in [5.41, 5.74) is -0.349. The number of anilines is 1. The molecule has 1 aromatic rings. The smallest absolute Gasteiger partial charge is 0.374 e.